The Bertz CT molecular complexity index is 841. The van der Waals surface area contributed by atoms with Gasteiger partial charge in [0.2, 0.25) is 0 Å². The van der Waals surface area contributed by atoms with Crippen molar-refractivity contribution >= 4 is 17.4 Å². The molecule has 0 amide bonds. The lowest BCUT2D eigenvalue weighted by atomic mass is 10.2. The van der Waals surface area contributed by atoms with E-state index in [0.717, 1.165) is 0 Å². The van der Waals surface area contributed by atoms with Crippen LogP contribution in [-0.2, 0) is 11.3 Å². The van der Waals surface area contributed by atoms with Crippen LogP contribution < -0.4 is 5.32 Å². The van der Waals surface area contributed by atoms with Crippen LogP contribution in [0.5, 0.6) is 0 Å². The molecule has 0 fully saturated rings. The number of benzene rings is 1. The van der Waals surface area contributed by atoms with Crippen molar-refractivity contribution in [3.63, 3.8) is 0 Å². The number of thiocarbonyl (C=S) groups is 1. The molecule has 1 aromatic carbocycles. The quantitative estimate of drug-likeness (QED) is 0.723. The zero-order chi connectivity index (χ0) is 17.1. The zero-order valence-corrected chi connectivity index (χ0v) is 13.3. The Kier molecular flexibility index (Phi) is 4.47. The molecule has 0 spiro atoms. The second-order valence-corrected chi connectivity index (χ2v) is 5.10. The lowest BCUT2D eigenvalue weighted by molar-refractivity contribution is 0.392. The van der Waals surface area contributed by atoms with E-state index in [9.17, 15) is 8.78 Å². The van der Waals surface area contributed by atoms with Crippen LogP contribution in [-0.4, -0.2) is 36.8 Å². The zero-order valence-electron chi connectivity index (χ0n) is 12.5. The number of halogens is 2. The summed E-state index contributed by atoms with van der Waals surface area (Å²) in [4.78, 5) is 3.78. The molecule has 0 saturated heterocycles. The van der Waals surface area contributed by atoms with Crippen LogP contribution in [0.1, 0.15) is 5.69 Å². The van der Waals surface area contributed by atoms with Crippen molar-refractivity contribution in [3.05, 3.63) is 54.4 Å². The summed E-state index contributed by atoms with van der Waals surface area (Å²) in [6.45, 7) is 0.282. The van der Waals surface area contributed by atoms with Gasteiger partial charge in [-0.25, -0.2) is 18.4 Å². The number of nitrogens with zero attached hydrogens (tertiary/aromatic N) is 5. The van der Waals surface area contributed by atoms with Crippen LogP contribution >= 0.6 is 12.2 Å². The van der Waals surface area contributed by atoms with Gasteiger partial charge in [-0.15, -0.1) is 5.10 Å². The fraction of sp³-hybridized carbons (Fsp3) is 0.143. The number of ether oxygens (including phenoxy) is 1. The first kappa shape index (κ1) is 16.0. The second-order valence-electron chi connectivity index (χ2n) is 4.73. The maximum atomic E-state index is 14.3. The van der Waals surface area contributed by atoms with Crippen molar-refractivity contribution in [2.45, 2.75) is 6.54 Å². The first-order valence-electron chi connectivity index (χ1n) is 6.79. The molecule has 124 valence electrons. The minimum absolute atomic E-state index is 0.205. The Morgan fingerprint density at radius 1 is 1.33 bits per heavy atom. The van der Waals surface area contributed by atoms with Gasteiger partial charge in [-0.05, 0) is 12.2 Å². The SMILES string of the molecule is COC(=S)NCc1cn(-c2cc(F)c(-n3ccnc3)c(F)c2)nn1. The molecule has 1 N–H and O–H groups in total. The van der Waals surface area contributed by atoms with Crippen LogP contribution in [0.3, 0.4) is 0 Å². The Morgan fingerprint density at radius 2 is 2.08 bits per heavy atom. The molecule has 2 heterocycles. The van der Waals surface area contributed by atoms with Crippen LogP contribution in [0.15, 0.2) is 37.1 Å². The molecular formula is C14H12F2N6OS. The van der Waals surface area contributed by atoms with E-state index < -0.39 is 11.6 Å². The molecule has 0 saturated carbocycles. The van der Waals surface area contributed by atoms with E-state index in [4.69, 9.17) is 17.0 Å². The number of imidazole rings is 1. The summed E-state index contributed by atoms with van der Waals surface area (Å²) in [5, 5.41) is 10.8. The normalized spacial score (nSPS) is 10.6. The second kappa shape index (κ2) is 6.71. The van der Waals surface area contributed by atoms with Crippen molar-refractivity contribution in [3.8, 4) is 11.4 Å². The van der Waals surface area contributed by atoms with Crippen LogP contribution in [0, 0.1) is 11.6 Å². The lowest BCUT2D eigenvalue weighted by Crippen LogP contribution is -2.22. The molecule has 0 atom stereocenters. The molecule has 3 aromatic rings. The number of aromatic nitrogens is 5. The van der Waals surface area contributed by atoms with E-state index >= 15 is 0 Å². The molecule has 0 unspecified atom stereocenters. The summed E-state index contributed by atoms with van der Waals surface area (Å²) >= 11 is 4.85. The fourth-order valence-electron chi connectivity index (χ4n) is 2.06. The van der Waals surface area contributed by atoms with Gasteiger partial charge in [0.25, 0.3) is 5.17 Å². The maximum Gasteiger partial charge on any atom is 0.256 e. The summed E-state index contributed by atoms with van der Waals surface area (Å²) in [5.41, 5.74) is 0.541. The molecule has 3 rings (SSSR count). The highest BCUT2D eigenvalue weighted by Crippen LogP contribution is 2.21. The molecule has 0 aliphatic heterocycles. The summed E-state index contributed by atoms with van der Waals surface area (Å²) in [7, 11) is 1.44. The van der Waals surface area contributed by atoms with Crippen molar-refractivity contribution in [2.75, 3.05) is 7.11 Å². The monoisotopic (exact) mass is 350 g/mol. The standard InChI is InChI=1S/C14H12F2N6OS/c1-23-14(24)18-6-9-7-22(20-19-9)10-4-11(15)13(12(16)5-10)21-3-2-17-8-21/h2-5,7-8H,6H2,1H3,(H,18,24). The summed E-state index contributed by atoms with van der Waals surface area (Å²) in [5.74, 6) is -1.47. The fourth-order valence-corrected chi connectivity index (χ4v) is 2.14. The number of hydrogen-bond donors (Lipinski definition) is 1. The molecule has 2 aromatic heterocycles. The van der Waals surface area contributed by atoms with Gasteiger partial charge in [-0.2, -0.15) is 0 Å². The first-order valence-corrected chi connectivity index (χ1v) is 7.20. The third kappa shape index (κ3) is 3.23. The Balaban J connectivity index is 1.86. The van der Waals surface area contributed by atoms with Crippen molar-refractivity contribution in [1.29, 1.82) is 0 Å². The van der Waals surface area contributed by atoms with Gasteiger partial charge in [0.1, 0.15) is 11.4 Å². The largest absolute Gasteiger partial charge is 0.474 e. The summed E-state index contributed by atoms with van der Waals surface area (Å²) < 4.78 is 35.9. The third-order valence-electron chi connectivity index (χ3n) is 3.17. The molecule has 24 heavy (non-hydrogen) atoms. The Morgan fingerprint density at radius 3 is 2.71 bits per heavy atom. The Hall–Kier alpha value is -2.88. The average molecular weight is 350 g/mol. The van der Waals surface area contributed by atoms with Gasteiger partial charge in [0.15, 0.2) is 11.6 Å². The summed E-state index contributed by atoms with van der Waals surface area (Å²) in [6.07, 6.45) is 5.75. The molecule has 0 aliphatic rings. The highest BCUT2D eigenvalue weighted by molar-refractivity contribution is 7.80. The average Bonchev–Trinajstić information content (AvgIpc) is 3.23. The Labute approximate surface area is 140 Å². The van der Waals surface area contributed by atoms with Crippen molar-refractivity contribution < 1.29 is 13.5 Å². The van der Waals surface area contributed by atoms with E-state index in [1.807, 2.05) is 0 Å². The van der Waals surface area contributed by atoms with Crippen LogP contribution in [0.25, 0.3) is 11.4 Å². The molecular weight excluding hydrogens is 338 g/mol. The smallest absolute Gasteiger partial charge is 0.256 e. The topological polar surface area (TPSA) is 69.8 Å². The van der Waals surface area contributed by atoms with Gasteiger partial charge in [-0.1, -0.05) is 5.21 Å². The molecule has 10 heteroatoms. The number of hydrogen-bond acceptors (Lipinski definition) is 5. The van der Waals surface area contributed by atoms with E-state index in [1.165, 1.54) is 53.4 Å². The van der Waals surface area contributed by atoms with Crippen LogP contribution in [0.2, 0.25) is 0 Å². The van der Waals surface area contributed by atoms with Crippen LogP contribution in [0.4, 0.5) is 8.78 Å². The van der Waals surface area contributed by atoms with Crippen molar-refractivity contribution in [1.82, 2.24) is 29.9 Å². The molecule has 7 nitrogen and oxygen atoms in total. The molecule has 0 bridgehead atoms. The van der Waals surface area contributed by atoms with Gasteiger partial charge in [0, 0.05) is 24.5 Å². The van der Waals surface area contributed by atoms with E-state index in [1.54, 1.807) is 0 Å². The van der Waals surface area contributed by atoms with Gasteiger partial charge in [0.05, 0.1) is 31.9 Å². The van der Waals surface area contributed by atoms with Crippen molar-refractivity contribution in [2.24, 2.45) is 0 Å². The van der Waals surface area contributed by atoms with E-state index in [2.05, 4.69) is 20.6 Å². The lowest BCUT2D eigenvalue weighted by Gasteiger charge is -2.08. The predicted molar refractivity (Wildman–Crippen MR) is 84.8 cm³/mol. The number of rotatable bonds is 4. The van der Waals surface area contributed by atoms with E-state index in [0.29, 0.717) is 5.69 Å². The number of methoxy groups -OCH3 is 1. The third-order valence-corrected chi connectivity index (χ3v) is 3.48. The highest BCUT2D eigenvalue weighted by Gasteiger charge is 2.14. The molecule has 0 radical (unpaired) electrons. The predicted octanol–water partition coefficient (Wildman–Crippen LogP) is 1.75. The van der Waals surface area contributed by atoms with Gasteiger partial charge >= 0.3 is 0 Å². The minimum Gasteiger partial charge on any atom is -0.474 e. The van der Waals surface area contributed by atoms with Gasteiger partial charge < -0.3 is 14.6 Å². The van der Waals surface area contributed by atoms with E-state index in [-0.39, 0.29) is 23.1 Å². The number of nitrogens with one attached hydrogen (secondary N) is 1. The first-order chi connectivity index (χ1) is 11.6. The highest BCUT2D eigenvalue weighted by atomic mass is 32.1. The minimum atomic E-state index is -0.737. The maximum absolute atomic E-state index is 14.3. The summed E-state index contributed by atoms with van der Waals surface area (Å²) in [6, 6.07) is 2.34. The van der Waals surface area contributed by atoms with Gasteiger partial charge in [-0.3, -0.25) is 0 Å². The molecule has 0 aliphatic carbocycles.